The molecule has 0 radical (unpaired) electrons. The molecule has 3 nitrogen and oxygen atoms in total. The van der Waals surface area contributed by atoms with Gasteiger partial charge in [-0.05, 0) is 41.1 Å². The van der Waals surface area contributed by atoms with Gasteiger partial charge in [-0.25, -0.2) is 8.78 Å². The van der Waals surface area contributed by atoms with Gasteiger partial charge >= 0.3 is 0 Å². The zero-order chi connectivity index (χ0) is 15.4. The van der Waals surface area contributed by atoms with Crippen LogP contribution in [0.2, 0.25) is 0 Å². The molecule has 0 spiro atoms. The third-order valence-corrected chi connectivity index (χ3v) is 3.39. The van der Waals surface area contributed by atoms with Crippen molar-refractivity contribution in [1.29, 1.82) is 0 Å². The van der Waals surface area contributed by atoms with Crippen molar-refractivity contribution in [3.63, 3.8) is 0 Å². The molecule has 6 heteroatoms. The molecular weight excluding hydrogens is 342 g/mol. The first-order valence-electron chi connectivity index (χ1n) is 6.20. The molecule has 0 aromatic heterocycles. The van der Waals surface area contributed by atoms with E-state index < -0.39 is 11.6 Å². The van der Waals surface area contributed by atoms with Crippen LogP contribution in [-0.2, 0) is 4.79 Å². The Kier molecular flexibility index (Phi) is 4.90. The molecule has 0 unspecified atom stereocenters. The first-order chi connectivity index (χ1) is 9.95. The first-order valence-corrected chi connectivity index (χ1v) is 7.00. The van der Waals surface area contributed by atoms with Crippen molar-refractivity contribution in [3.8, 4) is 0 Å². The largest absolute Gasteiger partial charge is 0.374 e. The smallest absolute Gasteiger partial charge is 0.243 e. The Morgan fingerprint density at radius 2 is 1.81 bits per heavy atom. The first kappa shape index (κ1) is 15.4. The Morgan fingerprint density at radius 1 is 1.14 bits per heavy atom. The molecule has 0 aliphatic carbocycles. The minimum atomic E-state index is -0.751. The molecule has 2 rings (SSSR count). The van der Waals surface area contributed by atoms with Crippen molar-refractivity contribution in [1.82, 2.24) is 0 Å². The predicted molar refractivity (Wildman–Crippen MR) is 82.4 cm³/mol. The third kappa shape index (κ3) is 4.26. The van der Waals surface area contributed by atoms with Crippen LogP contribution in [-0.4, -0.2) is 12.5 Å². The van der Waals surface area contributed by atoms with Crippen LogP contribution >= 0.6 is 15.9 Å². The summed E-state index contributed by atoms with van der Waals surface area (Å²) in [5.41, 5.74) is 1.81. The average Bonchev–Trinajstić information content (AvgIpc) is 2.44. The fourth-order valence-corrected chi connectivity index (χ4v) is 2.02. The lowest BCUT2D eigenvalue weighted by atomic mass is 10.2. The molecule has 0 saturated carbocycles. The summed E-state index contributed by atoms with van der Waals surface area (Å²) in [5, 5.41) is 5.30. The summed E-state index contributed by atoms with van der Waals surface area (Å²) >= 11 is 2.97. The number of carbonyl (C=O) groups excluding carboxylic acids is 1. The van der Waals surface area contributed by atoms with Crippen molar-refractivity contribution in [3.05, 3.63) is 58.1 Å². The highest BCUT2D eigenvalue weighted by atomic mass is 79.9. The van der Waals surface area contributed by atoms with Gasteiger partial charge in [-0.2, -0.15) is 0 Å². The van der Waals surface area contributed by atoms with E-state index in [1.54, 1.807) is 12.1 Å². The Morgan fingerprint density at radius 3 is 2.48 bits per heavy atom. The van der Waals surface area contributed by atoms with Gasteiger partial charge in [0.2, 0.25) is 5.91 Å². The molecule has 0 fully saturated rings. The average molecular weight is 355 g/mol. The third-order valence-electron chi connectivity index (χ3n) is 2.78. The number of benzene rings is 2. The quantitative estimate of drug-likeness (QED) is 0.812. The lowest BCUT2D eigenvalue weighted by Gasteiger charge is -2.09. The number of rotatable bonds is 4. The van der Waals surface area contributed by atoms with Crippen molar-refractivity contribution >= 4 is 33.2 Å². The molecule has 21 heavy (non-hydrogen) atoms. The molecule has 0 aliphatic rings. The van der Waals surface area contributed by atoms with Crippen molar-refractivity contribution in [2.45, 2.75) is 6.92 Å². The monoisotopic (exact) mass is 354 g/mol. The lowest BCUT2D eigenvalue weighted by Crippen LogP contribution is -2.22. The highest BCUT2D eigenvalue weighted by Gasteiger charge is 2.09. The molecule has 0 saturated heterocycles. The predicted octanol–water partition coefficient (Wildman–Crippen LogP) is 4.09. The Bertz CT molecular complexity index is 659. The molecule has 0 aliphatic heterocycles. The number of nitrogens with one attached hydrogen (secondary N) is 2. The minimum absolute atomic E-state index is 0.0577. The van der Waals surface area contributed by atoms with Gasteiger partial charge in [0.15, 0.2) is 0 Å². The summed E-state index contributed by atoms with van der Waals surface area (Å²) in [5.74, 6) is -1.76. The lowest BCUT2D eigenvalue weighted by molar-refractivity contribution is -0.114. The Labute approximate surface area is 129 Å². The van der Waals surface area contributed by atoms with Gasteiger partial charge in [-0.15, -0.1) is 0 Å². The summed E-state index contributed by atoms with van der Waals surface area (Å²) in [7, 11) is 0. The van der Waals surface area contributed by atoms with E-state index in [9.17, 15) is 13.6 Å². The molecular formula is C15H13BrF2N2O. The summed E-state index contributed by atoms with van der Waals surface area (Å²) in [6.07, 6.45) is 0. The molecule has 110 valence electrons. The van der Waals surface area contributed by atoms with E-state index in [4.69, 9.17) is 0 Å². The van der Waals surface area contributed by atoms with Gasteiger partial charge in [0.1, 0.15) is 11.6 Å². The minimum Gasteiger partial charge on any atom is -0.374 e. The van der Waals surface area contributed by atoms with E-state index >= 15 is 0 Å². The molecule has 0 heterocycles. The molecule has 0 bridgehead atoms. The fraction of sp³-hybridized carbons (Fsp3) is 0.133. The van der Waals surface area contributed by atoms with Crippen molar-refractivity contribution in [2.75, 3.05) is 17.2 Å². The van der Waals surface area contributed by atoms with Crippen LogP contribution in [0.1, 0.15) is 5.56 Å². The summed E-state index contributed by atoms with van der Waals surface area (Å²) in [4.78, 5) is 11.8. The van der Waals surface area contributed by atoms with E-state index in [-0.39, 0.29) is 22.6 Å². The topological polar surface area (TPSA) is 41.1 Å². The molecule has 2 aromatic rings. The summed E-state index contributed by atoms with van der Waals surface area (Å²) < 4.78 is 26.7. The zero-order valence-electron chi connectivity index (χ0n) is 11.2. The summed E-state index contributed by atoms with van der Waals surface area (Å²) in [6.45, 7) is 1.82. The number of amides is 1. The SMILES string of the molecule is Cc1ccc(NC(=O)CNc2cc(Br)c(F)cc2F)cc1. The summed E-state index contributed by atoms with van der Waals surface area (Å²) in [6, 6.07) is 9.32. The van der Waals surface area contributed by atoms with Crippen LogP contribution in [0.25, 0.3) is 0 Å². The van der Waals surface area contributed by atoms with Crippen LogP contribution in [0.3, 0.4) is 0 Å². The van der Waals surface area contributed by atoms with Crippen molar-refractivity contribution in [2.24, 2.45) is 0 Å². The number of aryl methyl sites for hydroxylation is 1. The van der Waals surface area contributed by atoms with E-state index in [0.29, 0.717) is 5.69 Å². The van der Waals surface area contributed by atoms with Gasteiger partial charge in [0.25, 0.3) is 0 Å². The molecule has 2 aromatic carbocycles. The van der Waals surface area contributed by atoms with Gasteiger partial charge < -0.3 is 10.6 Å². The van der Waals surface area contributed by atoms with E-state index in [2.05, 4.69) is 26.6 Å². The van der Waals surface area contributed by atoms with Gasteiger partial charge in [-0.3, -0.25) is 4.79 Å². The molecule has 2 N–H and O–H groups in total. The molecule has 1 amide bonds. The Hall–Kier alpha value is -1.95. The Balaban J connectivity index is 1.95. The highest BCUT2D eigenvalue weighted by Crippen LogP contribution is 2.23. The van der Waals surface area contributed by atoms with E-state index in [1.807, 2.05) is 19.1 Å². The van der Waals surface area contributed by atoms with Crippen molar-refractivity contribution < 1.29 is 13.6 Å². The van der Waals surface area contributed by atoms with Gasteiger partial charge in [-0.1, -0.05) is 17.7 Å². The standard InChI is InChI=1S/C15H13BrF2N2O/c1-9-2-4-10(5-3-9)20-15(21)8-19-14-6-11(16)12(17)7-13(14)18/h2-7,19H,8H2,1H3,(H,20,21). The van der Waals surface area contributed by atoms with Crippen LogP contribution in [0.4, 0.5) is 20.2 Å². The maximum absolute atomic E-state index is 13.5. The van der Waals surface area contributed by atoms with Gasteiger partial charge in [0, 0.05) is 11.8 Å². The highest BCUT2D eigenvalue weighted by molar-refractivity contribution is 9.10. The number of halogens is 3. The zero-order valence-corrected chi connectivity index (χ0v) is 12.8. The second-order valence-corrected chi connectivity index (χ2v) is 5.37. The maximum Gasteiger partial charge on any atom is 0.243 e. The number of carbonyl (C=O) groups is 1. The number of hydrogen-bond acceptors (Lipinski definition) is 2. The van der Waals surface area contributed by atoms with E-state index in [1.165, 1.54) is 6.07 Å². The second-order valence-electron chi connectivity index (χ2n) is 4.51. The fourth-order valence-electron chi connectivity index (χ4n) is 1.68. The molecule has 0 atom stereocenters. The normalized spacial score (nSPS) is 10.3. The van der Waals surface area contributed by atoms with Gasteiger partial charge in [0.05, 0.1) is 16.7 Å². The van der Waals surface area contributed by atoms with E-state index in [0.717, 1.165) is 11.6 Å². The van der Waals surface area contributed by atoms with Crippen LogP contribution in [0.15, 0.2) is 40.9 Å². The number of anilines is 2. The van der Waals surface area contributed by atoms with Crippen LogP contribution < -0.4 is 10.6 Å². The number of hydrogen-bond donors (Lipinski definition) is 2. The van der Waals surface area contributed by atoms with Crippen LogP contribution in [0.5, 0.6) is 0 Å². The second kappa shape index (κ2) is 6.67. The van der Waals surface area contributed by atoms with Crippen LogP contribution in [0, 0.1) is 18.6 Å². The maximum atomic E-state index is 13.5.